The van der Waals surface area contributed by atoms with Crippen LogP contribution in [-0.2, 0) is 0 Å². The first-order chi connectivity index (χ1) is 6.31. The first-order valence-electron chi connectivity index (χ1n) is 4.65. The largest absolute Gasteiger partial charge is 0.245 e. The van der Waals surface area contributed by atoms with Crippen molar-refractivity contribution in [3.8, 4) is 0 Å². The van der Waals surface area contributed by atoms with Gasteiger partial charge in [0.1, 0.15) is 4.83 Å². The molecular formula is C11H13NS. The summed E-state index contributed by atoms with van der Waals surface area (Å²) in [5.41, 5.74) is 0. The summed E-state index contributed by atoms with van der Waals surface area (Å²) < 4.78 is 0. The van der Waals surface area contributed by atoms with E-state index in [-0.39, 0.29) is 0 Å². The highest BCUT2D eigenvalue weighted by Crippen LogP contribution is 2.30. The van der Waals surface area contributed by atoms with Crippen molar-refractivity contribution in [1.82, 2.24) is 4.98 Å². The number of rotatable bonds is 2. The van der Waals surface area contributed by atoms with Crippen LogP contribution in [-0.4, -0.2) is 4.98 Å². The number of thiophene rings is 1. The van der Waals surface area contributed by atoms with E-state index in [0.717, 1.165) is 4.83 Å². The third kappa shape index (κ3) is 1.59. The maximum atomic E-state index is 4.34. The molecule has 0 saturated heterocycles. The summed E-state index contributed by atoms with van der Waals surface area (Å²) in [6.07, 6.45) is 3.06. The lowest BCUT2D eigenvalue weighted by atomic mass is 10.1. The number of aromatic nitrogens is 1. The Kier molecular flexibility index (Phi) is 2.32. The van der Waals surface area contributed by atoms with Gasteiger partial charge in [-0.1, -0.05) is 19.9 Å². The summed E-state index contributed by atoms with van der Waals surface area (Å²) in [5, 5.41) is 1.28. The lowest BCUT2D eigenvalue weighted by molar-refractivity contribution is 0.748. The Morgan fingerprint density at radius 3 is 3.08 bits per heavy atom. The molecule has 0 spiro atoms. The predicted octanol–water partition coefficient (Wildman–Crippen LogP) is 3.81. The number of hydrogen-bond acceptors (Lipinski definition) is 2. The molecule has 0 radical (unpaired) electrons. The zero-order chi connectivity index (χ0) is 9.26. The van der Waals surface area contributed by atoms with Gasteiger partial charge in [-0.05, 0) is 24.5 Å². The SMILES string of the molecule is CCC(C)c1cc2cccnc2s1. The molecule has 2 aromatic rings. The van der Waals surface area contributed by atoms with E-state index in [1.807, 2.05) is 23.6 Å². The summed E-state index contributed by atoms with van der Waals surface area (Å²) >= 11 is 1.82. The monoisotopic (exact) mass is 191 g/mol. The Morgan fingerprint density at radius 1 is 1.54 bits per heavy atom. The molecule has 0 aliphatic heterocycles. The second-order valence-corrected chi connectivity index (χ2v) is 4.42. The first kappa shape index (κ1) is 8.70. The van der Waals surface area contributed by atoms with Gasteiger partial charge in [0.25, 0.3) is 0 Å². The van der Waals surface area contributed by atoms with Gasteiger partial charge in [0.05, 0.1) is 0 Å². The number of pyridine rings is 1. The highest BCUT2D eigenvalue weighted by Gasteiger charge is 2.07. The molecule has 1 atom stereocenters. The normalized spacial score (nSPS) is 13.4. The average molecular weight is 191 g/mol. The van der Waals surface area contributed by atoms with Crippen LogP contribution in [0.4, 0.5) is 0 Å². The van der Waals surface area contributed by atoms with Gasteiger partial charge in [-0.25, -0.2) is 4.98 Å². The van der Waals surface area contributed by atoms with Crippen LogP contribution in [0.1, 0.15) is 31.1 Å². The Bertz CT molecular complexity index is 372. The van der Waals surface area contributed by atoms with Crippen molar-refractivity contribution in [1.29, 1.82) is 0 Å². The van der Waals surface area contributed by atoms with Crippen LogP contribution in [0.15, 0.2) is 24.4 Å². The molecule has 2 heteroatoms. The van der Waals surface area contributed by atoms with Crippen LogP contribution in [0.2, 0.25) is 0 Å². The summed E-state index contributed by atoms with van der Waals surface area (Å²) in [6, 6.07) is 6.39. The summed E-state index contributed by atoms with van der Waals surface area (Å²) in [4.78, 5) is 6.96. The Balaban J connectivity index is 2.49. The minimum absolute atomic E-state index is 0.666. The standard InChI is InChI=1S/C11H13NS/c1-3-8(2)10-7-9-5-4-6-12-11(9)13-10/h4-8H,3H2,1-2H3. The van der Waals surface area contributed by atoms with Crippen LogP contribution in [0.3, 0.4) is 0 Å². The molecule has 0 saturated carbocycles. The molecule has 0 aliphatic rings. The third-order valence-corrected chi connectivity index (χ3v) is 3.70. The Labute approximate surface area is 82.4 Å². The van der Waals surface area contributed by atoms with Gasteiger partial charge in [-0.3, -0.25) is 0 Å². The lowest BCUT2D eigenvalue weighted by Gasteiger charge is -2.02. The highest BCUT2D eigenvalue weighted by molar-refractivity contribution is 7.18. The zero-order valence-corrected chi connectivity index (χ0v) is 8.77. The fourth-order valence-corrected chi connectivity index (χ4v) is 2.47. The zero-order valence-electron chi connectivity index (χ0n) is 7.95. The molecule has 13 heavy (non-hydrogen) atoms. The maximum absolute atomic E-state index is 4.34. The van der Waals surface area contributed by atoms with Crippen molar-refractivity contribution in [2.75, 3.05) is 0 Å². The van der Waals surface area contributed by atoms with Gasteiger partial charge in [-0.15, -0.1) is 11.3 Å². The van der Waals surface area contributed by atoms with Gasteiger partial charge >= 0.3 is 0 Å². The van der Waals surface area contributed by atoms with Crippen LogP contribution in [0, 0.1) is 0 Å². The van der Waals surface area contributed by atoms with Gasteiger partial charge in [0, 0.05) is 16.5 Å². The fourth-order valence-electron chi connectivity index (χ4n) is 1.34. The van der Waals surface area contributed by atoms with Crippen molar-refractivity contribution < 1.29 is 0 Å². The van der Waals surface area contributed by atoms with Gasteiger partial charge in [0.2, 0.25) is 0 Å². The van der Waals surface area contributed by atoms with Crippen LogP contribution in [0.5, 0.6) is 0 Å². The summed E-state index contributed by atoms with van der Waals surface area (Å²) in [6.45, 7) is 4.49. The summed E-state index contributed by atoms with van der Waals surface area (Å²) in [7, 11) is 0. The van der Waals surface area contributed by atoms with Crippen LogP contribution < -0.4 is 0 Å². The second-order valence-electron chi connectivity index (χ2n) is 3.36. The van der Waals surface area contributed by atoms with Crippen molar-refractivity contribution in [2.45, 2.75) is 26.2 Å². The molecule has 0 amide bonds. The molecular weight excluding hydrogens is 178 g/mol. The van der Waals surface area contributed by atoms with Gasteiger partial charge < -0.3 is 0 Å². The van der Waals surface area contributed by atoms with E-state index in [1.54, 1.807) is 0 Å². The van der Waals surface area contributed by atoms with E-state index < -0.39 is 0 Å². The number of nitrogens with zero attached hydrogens (tertiary/aromatic N) is 1. The highest BCUT2D eigenvalue weighted by atomic mass is 32.1. The smallest absolute Gasteiger partial charge is 0.123 e. The molecule has 1 unspecified atom stereocenters. The topological polar surface area (TPSA) is 12.9 Å². The minimum atomic E-state index is 0.666. The molecule has 0 aromatic carbocycles. The molecule has 68 valence electrons. The Morgan fingerprint density at radius 2 is 2.38 bits per heavy atom. The quantitative estimate of drug-likeness (QED) is 0.703. The fraction of sp³-hybridized carbons (Fsp3) is 0.364. The number of fused-ring (bicyclic) bond motifs is 1. The Hall–Kier alpha value is -0.890. The van der Waals surface area contributed by atoms with E-state index in [4.69, 9.17) is 0 Å². The molecule has 2 heterocycles. The first-order valence-corrected chi connectivity index (χ1v) is 5.47. The molecule has 2 aromatic heterocycles. The van der Waals surface area contributed by atoms with Crippen LogP contribution in [0.25, 0.3) is 10.2 Å². The van der Waals surface area contributed by atoms with E-state index in [9.17, 15) is 0 Å². The van der Waals surface area contributed by atoms with E-state index in [0.29, 0.717) is 5.92 Å². The van der Waals surface area contributed by atoms with Gasteiger partial charge in [-0.2, -0.15) is 0 Å². The lowest BCUT2D eigenvalue weighted by Crippen LogP contribution is -1.84. The summed E-state index contributed by atoms with van der Waals surface area (Å²) in [5.74, 6) is 0.666. The minimum Gasteiger partial charge on any atom is -0.245 e. The number of hydrogen-bond donors (Lipinski definition) is 0. The van der Waals surface area contributed by atoms with Crippen molar-refractivity contribution in [3.63, 3.8) is 0 Å². The van der Waals surface area contributed by atoms with Crippen LogP contribution >= 0.6 is 11.3 Å². The van der Waals surface area contributed by atoms with Crippen molar-refractivity contribution in [2.24, 2.45) is 0 Å². The van der Waals surface area contributed by atoms with Crippen molar-refractivity contribution >= 4 is 21.6 Å². The van der Waals surface area contributed by atoms with E-state index in [1.165, 1.54) is 16.7 Å². The van der Waals surface area contributed by atoms with Gasteiger partial charge in [0.15, 0.2) is 0 Å². The molecule has 0 N–H and O–H groups in total. The average Bonchev–Trinajstić information content (AvgIpc) is 2.59. The van der Waals surface area contributed by atoms with Crippen molar-refractivity contribution in [3.05, 3.63) is 29.3 Å². The molecule has 0 fully saturated rings. The third-order valence-electron chi connectivity index (χ3n) is 2.41. The molecule has 2 rings (SSSR count). The van der Waals surface area contributed by atoms with E-state index >= 15 is 0 Å². The maximum Gasteiger partial charge on any atom is 0.123 e. The molecule has 1 nitrogen and oxygen atoms in total. The predicted molar refractivity (Wildman–Crippen MR) is 58.3 cm³/mol. The molecule has 0 aliphatic carbocycles. The molecule has 0 bridgehead atoms. The van der Waals surface area contributed by atoms with E-state index in [2.05, 4.69) is 31.0 Å². The second kappa shape index (κ2) is 3.46.